The van der Waals surface area contributed by atoms with Gasteiger partial charge in [0.05, 0.1) is 25.0 Å². The van der Waals surface area contributed by atoms with E-state index in [0.29, 0.717) is 17.9 Å². The van der Waals surface area contributed by atoms with Crippen LogP contribution in [0.2, 0.25) is 0 Å². The molecule has 3 aromatic rings. The first-order valence-corrected chi connectivity index (χ1v) is 10.3. The monoisotopic (exact) mass is 406 g/mol. The van der Waals surface area contributed by atoms with Gasteiger partial charge in [0.25, 0.3) is 11.5 Å². The molecule has 0 unspecified atom stereocenters. The molecule has 0 aromatic carbocycles. The van der Waals surface area contributed by atoms with E-state index < -0.39 is 0 Å². The lowest BCUT2D eigenvalue weighted by Crippen LogP contribution is -2.39. The Balaban J connectivity index is 1.68. The number of carbonyl (C=O) groups excluding carboxylic acids is 1. The molecule has 0 spiro atoms. The smallest absolute Gasteiger partial charge is 0.263 e. The summed E-state index contributed by atoms with van der Waals surface area (Å²) in [5.41, 5.74) is 1.43. The Hall–Kier alpha value is -3.19. The van der Waals surface area contributed by atoms with Crippen molar-refractivity contribution in [3.05, 3.63) is 88.0 Å². The third-order valence-corrected chi connectivity index (χ3v) is 5.54. The minimum Gasteiger partial charge on any atom is -0.467 e. The van der Waals surface area contributed by atoms with Gasteiger partial charge in [0.1, 0.15) is 11.3 Å². The van der Waals surface area contributed by atoms with Crippen LogP contribution in [0.1, 0.15) is 46.3 Å². The summed E-state index contributed by atoms with van der Waals surface area (Å²) in [4.78, 5) is 32.9. The Morgan fingerprint density at radius 2 is 2.03 bits per heavy atom. The molecule has 0 aliphatic carbocycles. The summed E-state index contributed by atoms with van der Waals surface area (Å²) < 4.78 is 7.19. The normalized spacial score (nSPS) is 14.6. The lowest BCUT2D eigenvalue weighted by Gasteiger charge is -2.26. The van der Waals surface area contributed by atoms with Crippen molar-refractivity contribution in [3.8, 4) is 0 Å². The number of piperidine rings is 1. The van der Waals surface area contributed by atoms with Crippen LogP contribution in [0.3, 0.4) is 0 Å². The Kier molecular flexibility index (Phi) is 6.09. The van der Waals surface area contributed by atoms with Crippen LogP contribution in [0.25, 0.3) is 0 Å². The molecule has 0 atom stereocenters. The number of pyridine rings is 2. The molecule has 156 valence electrons. The average Bonchev–Trinajstić information content (AvgIpc) is 3.28. The molecular formula is C23H26N4O3. The Labute approximate surface area is 175 Å². The first kappa shape index (κ1) is 20.1. The van der Waals surface area contributed by atoms with Crippen molar-refractivity contribution < 1.29 is 9.21 Å². The van der Waals surface area contributed by atoms with E-state index in [1.807, 2.05) is 43.5 Å². The molecule has 0 saturated carbocycles. The van der Waals surface area contributed by atoms with E-state index >= 15 is 0 Å². The topological polar surface area (TPSA) is 80.4 Å². The second-order valence-corrected chi connectivity index (χ2v) is 7.63. The van der Waals surface area contributed by atoms with Crippen LogP contribution < -0.4 is 10.9 Å². The summed E-state index contributed by atoms with van der Waals surface area (Å²) in [7, 11) is 0. The second kappa shape index (κ2) is 9.09. The van der Waals surface area contributed by atoms with Crippen LogP contribution in [0.15, 0.2) is 64.3 Å². The first-order chi connectivity index (χ1) is 14.6. The molecule has 4 heterocycles. The predicted octanol–water partition coefficient (Wildman–Crippen LogP) is 2.91. The van der Waals surface area contributed by atoms with E-state index in [0.717, 1.165) is 31.6 Å². The molecule has 1 aliphatic heterocycles. The number of rotatable bonds is 6. The highest BCUT2D eigenvalue weighted by molar-refractivity contribution is 5.95. The molecular weight excluding hydrogens is 380 g/mol. The minimum atomic E-state index is -0.303. The van der Waals surface area contributed by atoms with Crippen molar-refractivity contribution >= 4 is 5.91 Å². The maximum atomic E-state index is 13.6. The van der Waals surface area contributed by atoms with Crippen molar-refractivity contribution in [2.45, 2.75) is 38.9 Å². The van der Waals surface area contributed by atoms with Crippen molar-refractivity contribution in [1.29, 1.82) is 0 Å². The van der Waals surface area contributed by atoms with E-state index in [4.69, 9.17) is 4.42 Å². The molecule has 7 heteroatoms. The van der Waals surface area contributed by atoms with Gasteiger partial charge in [-0.05, 0) is 68.8 Å². The molecule has 1 aliphatic rings. The fourth-order valence-corrected chi connectivity index (χ4v) is 3.91. The van der Waals surface area contributed by atoms with Crippen LogP contribution in [-0.4, -0.2) is 33.4 Å². The fraction of sp³-hybridized carbons (Fsp3) is 0.348. The number of aryl methyl sites for hydroxylation is 1. The number of hydrogen-bond donors (Lipinski definition) is 1. The van der Waals surface area contributed by atoms with Gasteiger partial charge in [0.2, 0.25) is 0 Å². The molecule has 0 radical (unpaired) electrons. The SMILES string of the molecule is Cc1ccn(C2CCNCC2)c(=O)c1C(=O)N(Cc1ccccn1)Cc1ccco1. The van der Waals surface area contributed by atoms with Gasteiger partial charge in [-0.3, -0.25) is 14.6 Å². The lowest BCUT2D eigenvalue weighted by molar-refractivity contribution is 0.0711. The summed E-state index contributed by atoms with van der Waals surface area (Å²) >= 11 is 0. The van der Waals surface area contributed by atoms with Crippen LogP contribution in [0.5, 0.6) is 0 Å². The predicted molar refractivity (Wildman–Crippen MR) is 113 cm³/mol. The van der Waals surface area contributed by atoms with Gasteiger partial charge in [0.15, 0.2) is 0 Å². The van der Waals surface area contributed by atoms with Gasteiger partial charge < -0.3 is 19.2 Å². The Morgan fingerprint density at radius 3 is 2.73 bits per heavy atom. The van der Waals surface area contributed by atoms with Gasteiger partial charge in [0, 0.05) is 18.4 Å². The van der Waals surface area contributed by atoms with Crippen LogP contribution >= 0.6 is 0 Å². The van der Waals surface area contributed by atoms with Crippen molar-refractivity contribution in [3.63, 3.8) is 0 Å². The van der Waals surface area contributed by atoms with Gasteiger partial charge in [-0.25, -0.2) is 0 Å². The number of furan rings is 1. The van der Waals surface area contributed by atoms with E-state index in [1.54, 1.807) is 28.0 Å². The summed E-state index contributed by atoms with van der Waals surface area (Å²) in [5.74, 6) is 0.356. The molecule has 30 heavy (non-hydrogen) atoms. The van der Waals surface area contributed by atoms with Crippen molar-refractivity contribution in [1.82, 2.24) is 19.8 Å². The Morgan fingerprint density at radius 1 is 1.20 bits per heavy atom. The molecule has 3 aromatic heterocycles. The van der Waals surface area contributed by atoms with E-state index in [1.165, 1.54) is 0 Å². The zero-order chi connectivity index (χ0) is 20.9. The first-order valence-electron chi connectivity index (χ1n) is 10.3. The van der Waals surface area contributed by atoms with Crippen LogP contribution in [-0.2, 0) is 13.1 Å². The third kappa shape index (κ3) is 4.36. The number of nitrogens with zero attached hydrogens (tertiary/aromatic N) is 3. The quantitative estimate of drug-likeness (QED) is 0.681. The summed E-state index contributed by atoms with van der Waals surface area (Å²) in [6.07, 6.45) is 6.85. The third-order valence-electron chi connectivity index (χ3n) is 5.54. The summed E-state index contributed by atoms with van der Waals surface area (Å²) in [5, 5.41) is 3.32. The molecule has 4 rings (SSSR count). The number of nitrogens with one attached hydrogen (secondary N) is 1. The highest BCUT2D eigenvalue weighted by Gasteiger charge is 2.26. The van der Waals surface area contributed by atoms with E-state index in [2.05, 4.69) is 10.3 Å². The number of amides is 1. The lowest BCUT2D eigenvalue weighted by atomic mass is 10.0. The minimum absolute atomic E-state index is 0.111. The fourth-order valence-electron chi connectivity index (χ4n) is 3.91. The number of hydrogen-bond acceptors (Lipinski definition) is 5. The number of aromatic nitrogens is 2. The van der Waals surface area contributed by atoms with Gasteiger partial charge in [-0.15, -0.1) is 0 Å². The van der Waals surface area contributed by atoms with Crippen molar-refractivity contribution in [2.75, 3.05) is 13.1 Å². The molecule has 1 fully saturated rings. The van der Waals surface area contributed by atoms with Gasteiger partial charge in [-0.1, -0.05) is 6.07 Å². The molecule has 1 saturated heterocycles. The largest absolute Gasteiger partial charge is 0.467 e. The zero-order valence-electron chi connectivity index (χ0n) is 17.1. The highest BCUT2D eigenvalue weighted by Crippen LogP contribution is 2.19. The maximum Gasteiger partial charge on any atom is 0.263 e. The molecule has 1 amide bonds. The molecule has 0 bridgehead atoms. The average molecular weight is 406 g/mol. The number of carbonyl (C=O) groups is 1. The Bertz CT molecular complexity index is 1040. The maximum absolute atomic E-state index is 13.6. The molecule has 7 nitrogen and oxygen atoms in total. The van der Waals surface area contributed by atoms with Gasteiger partial charge >= 0.3 is 0 Å². The van der Waals surface area contributed by atoms with Crippen LogP contribution in [0, 0.1) is 6.92 Å². The summed E-state index contributed by atoms with van der Waals surface area (Å²) in [6.45, 7) is 4.12. The molecule has 1 N–H and O–H groups in total. The second-order valence-electron chi connectivity index (χ2n) is 7.63. The van der Waals surface area contributed by atoms with E-state index in [-0.39, 0.29) is 29.6 Å². The van der Waals surface area contributed by atoms with Crippen molar-refractivity contribution in [2.24, 2.45) is 0 Å². The zero-order valence-corrected chi connectivity index (χ0v) is 17.1. The van der Waals surface area contributed by atoms with Gasteiger partial charge in [-0.2, -0.15) is 0 Å². The highest BCUT2D eigenvalue weighted by atomic mass is 16.3. The summed E-state index contributed by atoms with van der Waals surface area (Å²) in [6, 6.07) is 11.2. The standard InChI is InChI=1S/C23H26N4O3/c1-17-9-13-27(19-7-11-24-12-8-19)23(29)21(17)22(28)26(16-20-6-4-14-30-20)15-18-5-2-3-10-25-18/h2-6,9-10,13-14,19,24H,7-8,11-12,15-16H2,1H3. The van der Waals surface area contributed by atoms with E-state index in [9.17, 15) is 9.59 Å². The van der Waals surface area contributed by atoms with Crippen LogP contribution in [0.4, 0.5) is 0 Å².